The number of hydrogen-bond donors (Lipinski definition) is 0. The summed E-state index contributed by atoms with van der Waals surface area (Å²) in [6, 6.07) is 16.6. The molecule has 0 N–H and O–H groups in total. The summed E-state index contributed by atoms with van der Waals surface area (Å²) in [6.07, 6.45) is 1.76. The molecule has 1 amide bonds. The first kappa shape index (κ1) is 20.3. The van der Waals surface area contributed by atoms with Gasteiger partial charge in [0.05, 0.1) is 12.5 Å². The second kappa shape index (κ2) is 9.69. The van der Waals surface area contributed by atoms with Crippen LogP contribution in [0.2, 0.25) is 0 Å². The molecule has 1 aliphatic heterocycles. The Hall–Kier alpha value is -2.40. The first-order valence-corrected chi connectivity index (χ1v) is 9.87. The summed E-state index contributed by atoms with van der Waals surface area (Å²) in [5, 5.41) is 0. The minimum absolute atomic E-state index is 0.0272. The molecule has 1 heterocycles. The first-order chi connectivity index (χ1) is 13.5. The average Bonchev–Trinajstić information content (AvgIpc) is 2.71. The number of carbonyl (C=O) groups excluding carboxylic acids is 1. The molecule has 0 aliphatic carbocycles. The maximum Gasteiger partial charge on any atom is 0.226 e. The summed E-state index contributed by atoms with van der Waals surface area (Å²) < 4.78 is 19.2. The van der Waals surface area contributed by atoms with Crippen LogP contribution < -0.4 is 4.74 Å². The van der Waals surface area contributed by atoms with E-state index in [1.54, 1.807) is 17.0 Å². The summed E-state index contributed by atoms with van der Waals surface area (Å²) in [5.41, 5.74) is 1.30. The molecule has 2 atom stereocenters. The highest BCUT2D eigenvalue weighted by Crippen LogP contribution is 2.25. The highest BCUT2D eigenvalue weighted by molar-refractivity contribution is 5.78. The second-order valence-corrected chi connectivity index (χ2v) is 7.79. The van der Waals surface area contributed by atoms with Crippen molar-refractivity contribution in [3.63, 3.8) is 0 Å². The number of halogens is 1. The quantitative estimate of drug-likeness (QED) is 0.733. The van der Waals surface area contributed by atoms with Crippen molar-refractivity contribution in [3.8, 4) is 5.75 Å². The van der Waals surface area contributed by atoms with Gasteiger partial charge in [0.1, 0.15) is 11.6 Å². The van der Waals surface area contributed by atoms with Crippen molar-refractivity contribution in [2.75, 3.05) is 40.3 Å². The highest BCUT2D eigenvalue weighted by Gasteiger charge is 2.32. The largest absolute Gasteiger partial charge is 0.493 e. The number of piperidine rings is 1. The van der Waals surface area contributed by atoms with Crippen LogP contribution in [-0.2, 0) is 11.2 Å². The van der Waals surface area contributed by atoms with Gasteiger partial charge in [-0.05, 0) is 30.5 Å². The summed E-state index contributed by atoms with van der Waals surface area (Å²) in [6.45, 7) is 3.07. The van der Waals surface area contributed by atoms with Gasteiger partial charge in [0.2, 0.25) is 5.91 Å². The standard InChI is InChI=1S/C23H29FN2O2/c1-25(2)23(27)20-13-19(17-28-22-10-6-9-21(24)14-22)15-26(16-20)12-11-18-7-4-3-5-8-18/h3-10,14,19-20H,11-13,15-17H2,1-2H3/t19-,20+/m0/s1. The van der Waals surface area contributed by atoms with Crippen LogP contribution in [0.15, 0.2) is 54.6 Å². The smallest absolute Gasteiger partial charge is 0.226 e. The molecule has 0 bridgehead atoms. The molecular weight excluding hydrogens is 355 g/mol. The van der Waals surface area contributed by atoms with Crippen LogP contribution in [0.5, 0.6) is 5.75 Å². The summed E-state index contributed by atoms with van der Waals surface area (Å²) >= 11 is 0. The van der Waals surface area contributed by atoms with Gasteiger partial charge in [0.25, 0.3) is 0 Å². The number of hydrogen-bond acceptors (Lipinski definition) is 3. The number of rotatable bonds is 7. The molecule has 150 valence electrons. The van der Waals surface area contributed by atoms with Gasteiger partial charge in [-0.1, -0.05) is 36.4 Å². The fraction of sp³-hybridized carbons (Fsp3) is 0.435. The van der Waals surface area contributed by atoms with E-state index in [1.165, 1.54) is 17.7 Å². The number of ether oxygens (including phenoxy) is 1. The van der Waals surface area contributed by atoms with Crippen molar-refractivity contribution >= 4 is 5.91 Å². The normalized spacial score (nSPS) is 20.0. The number of amides is 1. The lowest BCUT2D eigenvalue weighted by atomic mass is 9.88. The van der Waals surface area contributed by atoms with E-state index in [2.05, 4.69) is 29.2 Å². The third-order valence-electron chi connectivity index (χ3n) is 5.24. The van der Waals surface area contributed by atoms with Crippen molar-refractivity contribution in [3.05, 3.63) is 66.0 Å². The van der Waals surface area contributed by atoms with Gasteiger partial charge < -0.3 is 14.5 Å². The molecule has 1 fully saturated rings. The fourth-order valence-corrected chi connectivity index (χ4v) is 3.85. The maximum atomic E-state index is 13.4. The summed E-state index contributed by atoms with van der Waals surface area (Å²) in [5.74, 6) is 0.616. The zero-order chi connectivity index (χ0) is 19.9. The lowest BCUT2D eigenvalue weighted by molar-refractivity contribution is -0.135. The molecule has 2 aromatic rings. The first-order valence-electron chi connectivity index (χ1n) is 9.87. The van der Waals surface area contributed by atoms with Crippen LogP contribution in [0, 0.1) is 17.7 Å². The van der Waals surface area contributed by atoms with Gasteiger partial charge in [-0.2, -0.15) is 0 Å². The Labute approximate surface area is 166 Å². The summed E-state index contributed by atoms with van der Waals surface area (Å²) in [7, 11) is 3.62. The Morgan fingerprint density at radius 2 is 1.93 bits per heavy atom. The molecule has 5 heteroatoms. The number of likely N-dealkylation sites (tertiary alicyclic amines) is 1. The van der Waals surface area contributed by atoms with Gasteiger partial charge in [-0.3, -0.25) is 4.79 Å². The molecule has 0 aromatic heterocycles. The van der Waals surface area contributed by atoms with E-state index in [9.17, 15) is 9.18 Å². The highest BCUT2D eigenvalue weighted by atomic mass is 19.1. The van der Waals surface area contributed by atoms with Crippen LogP contribution in [0.25, 0.3) is 0 Å². The maximum absolute atomic E-state index is 13.4. The molecule has 0 unspecified atom stereocenters. The molecule has 2 aromatic carbocycles. The van der Waals surface area contributed by atoms with Gasteiger partial charge in [-0.15, -0.1) is 0 Å². The van der Waals surface area contributed by atoms with E-state index in [0.717, 1.165) is 32.5 Å². The Bertz CT molecular complexity index is 766. The molecule has 4 nitrogen and oxygen atoms in total. The van der Waals surface area contributed by atoms with E-state index in [1.807, 2.05) is 20.2 Å². The van der Waals surface area contributed by atoms with Crippen molar-refractivity contribution in [2.24, 2.45) is 11.8 Å². The molecular formula is C23H29FN2O2. The van der Waals surface area contributed by atoms with Gasteiger partial charge in [-0.25, -0.2) is 4.39 Å². The predicted molar refractivity (Wildman–Crippen MR) is 109 cm³/mol. The Balaban J connectivity index is 1.62. The SMILES string of the molecule is CN(C)C(=O)[C@@H]1C[C@H](COc2cccc(F)c2)CN(CCc2ccccc2)C1. The monoisotopic (exact) mass is 384 g/mol. The summed E-state index contributed by atoms with van der Waals surface area (Å²) in [4.78, 5) is 16.6. The van der Waals surface area contributed by atoms with Gasteiger partial charge in [0.15, 0.2) is 0 Å². The van der Waals surface area contributed by atoms with Crippen LogP contribution in [0.4, 0.5) is 4.39 Å². The van der Waals surface area contributed by atoms with Crippen LogP contribution >= 0.6 is 0 Å². The Kier molecular flexibility index (Phi) is 7.04. The van der Waals surface area contributed by atoms with E-state index in [0.29, 0.717) is 12.4 Å². The lowest BCUT2D eigenvalue weighted by Gasteiger charge is -2.38. The minimum atomic E-state index is -0.300. The fourth-order valence-electron chi connectivity index (χ4n) is 3.85. The number of nitrogens with zero attached hydrogens (tertiary/aromatic N) is 2. The minimum Gasteiger partial charge on any atom is -0.493 e. The van der Waals surface area contributed by atoms with E-state index in [-0.39, 0.29) is 23.6 Å². The van der Waals surface area contributed by atoms with E-state index >= 15 is 0 Å². The van der Waals surface area contributed by atoms with Crippen molar-refractivity contribution in [2.45, 2.75) is 12.8 Å². The molecule has 1 saturated heterocycles. The van der Waals surface area contributed by atoms with E-state index < -0.39 is 0 Å². The van der Waals surface area contributed by atoms with Crippen LogP contribution in [-0.4, -0.2) is 56.0 Å². The predicted octanol–water partition coefficient (Wildman–Crippen LogP) is 3.47. The third kappa shape index (κ3) is 5.80. The number of benzene rings is 2. The molecule has 0 spiro atoms. The van der Waals surface area contributed by atoms with Crippen LogP contribution in [0.3, 0.4) is 0 Å². The Morgan fingerprint density at radius 3 is 2.64 bits per heavy atom. The average molecular weight is 384 g/mol. The van der Waals surface area contributed by atoms with Crippen LogP contribution in [0.1, 0.15) is 12.0 Å². The molecule has 3 rings (SSSR count). The topological polar surface area (TPSA) is 32.8 Å². The van der Waals surface area contributed by atoms with Crippen molar-refractivity contribution < 1.29 is 13.9 Å². The molecule has 0 saturated carbocycles. The zero-order valence-electron chi connectivity index (χ0n) is 16.7. The molecule has 1 aliphatic rings. The Morgan fingerprint density at radius 1 is 1.14 bits per heavy atom. The van der Waals surface area contributed by atoms with Gasteiger partial charge in [0, 0.05) is 45.7 Å². The van der Waals surface area contributed by atoms with E-state index in [4.69, 9.17) is 4.74 Å². The van der Waals surface area contributed by atoms with Gasteiger partial charge >= 0.3 is 0 Å². The van der Waals surface area contributed by atoms with Crippen molar-refractivity contribution in [1.29, 1.82) is 0 Å². The molecule has 0 radical (unpaired) electrons. The lowest BCUT2D eigenvalue weighted by Crippen LogP contribution is -2.48. The van der Waals surface area contributed by atoms with Crippen molar-refractivity contribution in [1.82, 2.24) is 9.80 Å². The zero-order valence-corrected chi connectivity index (χ0v) is 16.7. The third-order valence-corrected chi connectivity index (χ3v) is 5.24. The second-order valence-electron chi connectivity index (χ2n) is 7.79. The molecule has 28 heavy (non-hydrogen) atoms. The number of carbonyl (C=O) groups is 1.